The maximum atomic E-state index is 12.7. The van der Waals surface area contributed by atoms with E-state index in [1.54, 1.807) is 36.4 Å². The van der Waals surface area contributed by atoms with Crippen LogP contribution in [0.25, 0.3) is 11.0 Å². The number of ether oxygens (including phenoxy) is 2. The van der Waals surface area contributed by atoms with Crippen molar-refractivity contribution in [1.82, 2.24) is 0 Å². The zero-order valence-electron chi connectivity index (χ0n) is 15.3. The summed E-state index contributed by atoms with van der Waals surface area (Å²) in [7, 11) is 0. The van der Waals surface area contributed by atoms with Gasteiger partial charge in [0.2, 0.25) is 11.2 Å². The van der Waals surface area contributed by atoms with Crippen LogP contribution in [0.4, 0.5) is 0 Å². The number of esters is 1. The minimum absolute atomic E-state index is 0.0879. The zero-order valence-corrected chi connectivity index (χ0v) is 17.5. The van der Waals surface area contributed by atoms with Crippen molar-refractivity contribution in [3.63, 3.8) is 0 Å². The van der Waals surface area contributed by atoms with Crippen LogP contribution in [0, 0.1) is 10.5 Å². The van der Waals surface area contributed by atoms with Gasteiger partial charge in [-0.25, -0.2) is 4.79 Å². The minimum atomic E-state index is -0.476. The van der Waals surface area contributed by atoms with E-state index in [2.05, 4.69) is 22.6 Å². The highest BCUT2D eigenvalue weighted by Crippen LogP contribution is 2.25. The molecule has 144 valence electrons. The molecule has 0 saturated carbocycles. The van der Waals surface area contributed by atoms with Gasteiger partial charge >= 0.3 is 5.97 Å². The fourth-order valence-electron chi connectivity index (χ4n) is 2.75. The maximum Gasteiger partial charge on any atom is 0.344 e. The van der Waals surface area contributed by atoms with E-state index < -0.39 is 5.97 Å². The first-order chi connectivity index (χ1) is 14.0. The van der Waals surface area contributed by atoms with Crippen LogP contribution in [0.2, 0.25) is 0 Å². The van der Waals surface area contributed by atoms with Gasteiger partial charge in [-0.3, -0.25) is 4.79 Å². The summed E-state index contributed by atoms with van der Waals surface area (Å²) in [5, 5.41) is 0.337. The van der Waals surface area contributed by atoms with Crippen LogP contribution in [-0.2, 0) is 0 Å². The van der Waals surface area contributed by atoms with Gasteiger partial charge in [0.05, 0.1) is 10.9 Å². The second-order valence-electron chi connectivity index (χ2n) is 6.37. The number of aryl methyl sites for hydroxylation is 1. The Balaban J connectivity index is 1.60. The second-order valence-corrected chi connectivity index (χ2v) is 7.53. The van der Waals surface area contributed by atoms with Gasteiger partial charge in [0.1, 0.15) is 23.3 Å². The second kappa shape index (κ2) is 8.08. The molecule has 4 rings (SSSR count). The van der Waals surface area contributed by atoms with E-state index in [0.717, 1.165) is 9.13 Å². The van der Waals surface area contributed by atoms with Crippen LogP contribution in [0.1, 0.15) is 15.9 Å². The summed E-state index contributed by atoms with van der Waals surface area (Å²) in [5.41, 5.74) is 1.56. The lowest BCUT2D eigenvalue weighted by Crippen LogP contribution is -2.10. The highest BCUT2D eigenvalue weighted by Gasteiger charge is 2.14. The first-order valence-corrected chi connectivity index (χ1v) is 9.86. The lowest BCUT2D eigenvalue weighted by molar-refractivity contribution is 0.0734. The number of fused-ring (bicyclic) bond motifs is 1. The Labute approximate surface area is 180 Å². The predicted octanol–water partition coefficient (Wildman–Crippen LogP) is 5.72. The molecule has 4 aromatic rings. The van der Waals surface area contributed by atoms with Crippen LogP contribution in [-0.4, -0.2) is 5.97 Å². The zero-order chi connectivity index (χ0) is 20.4. The molecule has 0 aliphatic carbocycles. The molecule has 0 bridgehead atoms. The van der Waals surface area contributed by atoms with E-state index in [0.29, 0.717) is 22.3 Å². The van der Waals surface area contributed by atoms with Crippen LogP contribution >= 0.6 is 22.6 Å². The van der Waals surface area contributed by atoms with E-state index in [9.17, 15) is 9.59 Å². The summed E-state index contributed by atoms with van der Waals surface area (Å²) in [6, 6.07) is 19.1. The third-order valence-corrected chi connectivity index (χ3v) is 5.21. The SMILES string of the molecule is Cc1ccc(Oc2coc3cc(OC(=O)c4ccccc4I)ccc3c2=O)cc1. The van der Waals surface area contributed by atoms with Gasteiger partial charge in [0, 0.05) is 9.64 Å². The van der Waals surface area contributed by atoms with Crippen LogP contribution in [0.5, 0.6) is 17.2 Å². The highest BCUT2D eigenvalue weighted by molar-refractivity contribution is 14.1. The largest absolute Gasteiger partial charge is 0.460 e. The van der Waals surface area contributed by atoms with E-state index in [1.807, 2.05) is 31.2 Å². The van der Waals surface area contributed by atoms with E-state index in [-0.39, 0.29) is 16.9 Å². The number of carbonyl (C=O) groups is 1. The fourth-order valence-corrected chi connectivity index (χ4v) is 3.35. The van der Waals surface area contributed by atoms with Crippen molar-refractivity contribution in [3.8, 4) is 17.2 Å². The molecule has 0 aliphatic rings. The average Bonchev–Trinajstić information content (AvgIpc) is 2.72. The molecule has 5 nitrogen and oxygen atoms in total. The summed E-state index contributed by atoms with van der Waals surface area (Å²) in [4.78, 5) is 25.1. The van der Waals surface area contributed by atoms with E-state index in [4.69, 9.17) is 13.9 Å². The molecule has 0 saturated heterocycles. The van der Waals surface area contributed by atoms with Gasteiger partial charge in [0.25, 0.3) is 0 Å². The number of hydrogen-bond acceptors (Lipinski definition) is 5. The molecule has 0 fully saturated rings. The van der Waals surface area contributed by atoms with Crippen molar-refractivity contribution in [1.29, 1.82) is 0 Å². The van der Waals surface area contributed by atoms with Crippen LogP contribution in [0.15, 0.2) is 82.2 Å². The number of hydrogen-bond donors (Lipinski definition) is 0. The Kier molecular flexibility index (Phi) is 5.35. The quantitative estimate of drug-likeness (QED) is 0.205. The van der Waals surface area contributed by atoms with Gasteiger partial charge in [-0.05, 0) is 65.9 Å². The normalized spacial score (nSPS) is 10.7. The minimum Gasteiger partial charge on any atom is -0.460 e. The molecule has 0 atom stereocenters. The fraction of sp³-hybridized carbons (Fsp3) is 0.0435. The first-order valence-electron chi connectivity index (χ1n) is 8.78. The molecule has 6 heteroatoms. The monoisotopic (exact) mass is 498 g/mol. The summed E-state index contributed by atoms with van der Waals surface area (Å²) in [6.45, 7) is 1.97. The molecular weight excluding hydrogens is 483 g/mol. The molecule has 29 heavy (non-hydrogen) atoms. The lowest BCUT2D eigenvalue weighted by atomic mass is 10.2. The standard InChI is InChI=1S/C23H15IO5/c1-14-6-8-15(9-7-14)28-21-13-27-20-12-16(10-11-18(20)22(21)25)29-23(26)17-4-2-3-5-19(17)24/h2-13H,1H3. The molecular formula is C23H15IO5. The Hall–Kier alpha value is -3.13. The summed E-state index contributed by atoms with van der Waals surface area (Å²) in [5.74, 6) is 0.448. The Morgan fingerprint density at radius 3 is 2.45 bits per heavy atom. The Bertz CT molecular complexity index is 1260. The average molecular weight is 498 g/mol. The number of halogens is 1. The molecule has 0 radical (unpaired) electrons. The van der Waals surface area contributed by atoms with Gasteiger partial charge in [-0.1, -0.05) is 29.8 Å². The van der Waals surface area contributed by atoms with Crippen molar-refractivity contribution < 1.29 is 18.7 Å². The summed E-state index contributed by atoms with van der Waals surface area (Å²) >= 11 is 2.08. The smallest absolute Gasteiger partial charge is 0.344 e. The molecule has 0 N–H and O–H groups in total. The van der Waals surface area contributed by atoms with Crippen molar-refractivity contribution >= 4 is 39.5 Å². The van der Waals surface area contributed by atoms with Crippen LogP contribution in [0.3, 0.4) is 0 Å². The van der Waals surface area contributed by atoms with E-state index >= 15 is 0 Å². The van der Waals surface area contributed by atoms with Gasteiger partial charge in [-0.15, -0.1) is 0 Å². The van der Waals surface area contributed by atoms with Gasteiger partial charge in [0.15, 0.2) is 0 Å². The van der Waals surface area contributed by atoms with Gasteiger partial charge in [-0.2, -0.15) is 0 Å². The molecule has 0 aliphatic heterocycles. The first kappa shape index (κ1) is 19.2. The molecule has 0 spiro atoms. The summed E-state index contributed by atoms with van der Waals surface area (Å²) < 4.78 is 17.4. The van der Waals surface area contributed by atoms with Crippen molar-refractivity contribution in [2.24, 2.45) is 0 Å². The highest BCUT2D eigenvalue weighted by atomic mass is 127. The predicted molar refractivity (Wildman–Crippen MR) is 118 cm³/mol. The van der Waals surface area contributed by atoms with Crippen molar-refractivity contribution in [2.45, 2.75) is 6.92 Å². The van der Waals surface area contributed by atoms with Gasteiger partial charge < -0.3 is 13.9 Å². The van der Waals surface area contributed by atoms with E-state index in [1.165, 1.54) is 12.3 Å². The topological polar surface area (TPSA) is 65.7 Å². The molecule has 0 unspecified atom stereocenters. The molecule has 1 aromatic heterocycles. The van der Waals surface area contributed by atoms with Crippen molar-refractivity contribution in [2.75, 3.05) is 0 Å². The number of carbonyl (C=O) groups excluding carboxylic acids is 1. The number of rotatable bonds is 4. The molecule has 0 amide bonds. The molecule has 3 aromatic carbocycles. The summed E-state index contributed by atoms with van der Waals surface area (Å²) in [6.07, 6.45) is 1.26. The Morgan fingerprint density at radius 1 is 0.966 bits per heavy atom. The number of benzene rings is 3. The third kappa shape index (κ3) is 4.17. The van der Waals surface area contributed by atoms with Crippen molar-refractivity contribution in [3.05, 3.63) is 97.9 Å². The molecule has 1 heterocycles. The lowest BCUT2D eigenvalue weighted by Gasteiger charge is -2.08. The third-order valence-electron chi connectivity index (χ3n) is 4.27. The Morgan fingerprint density at radius 2 is 1.69 bits per heavy atom. The van der Waals surface area contributed by atoms with Crippen LogP contribution < -0.4 is 14.9 Å². The maximum absolute atomic E-state index is 12.7.